The van der Waals surface area contributed by atoms with E-state index in [1.165, 1.54) is 4.57 Å². The second-order valence-corrected chi connectivity index (χ2v) is 7.46. The maximum absolute atomic E-state index is 12.7. The van der Waals surface area contributed by atoms with E-state index in [0.717, 1.165) is 31.4 Å². The van der Waals surface area contributed by atoms with E-state index in [4.69, 9.17) is 5.73 Å². The first kappa shape index (κ1) is 19.0. The number of fused-ring (bicyclic) bond motifs is 1. The summed E-state index contributed by atoms with van der Waals surface area (Å²) >= 11 is 0. The van der Waals surface area contributed by atoms with Crippen LogP contribution in [0.3, 0.4) is 0 Å². The van der Waals surface area contributed by atoms with E-state index in [-0.39, 0.29) is 6.04 Å². The third-order valence-electron chi connectivity index (χ3n) is 5.44. The number of aromatic amines is 1. The van der Waals surface area contributed by atoms with E-state index in [2.05, 4.69) is 20.9 Å². The number of rotatable bonds is 3. The molecule has 4 rings (SSSR count). The van der Waals surface area contributed by atoms with Crippen LogP contribution in [-0.2, 0) is 13.6 Å². The molecule has 0 bridgehead atoms. The second-order valence-electron chi connectivity index (χ2n) is 7.46. The molecule has 9 heteroatoms. The first-order chi connectivity index (χ1) is 14.0. The Kier molecular flexibility index (Phi) is 4.94. The van der Waals surface area contributed by atoms with Gasteiger partial charge in [-0.2, -0.15) is 10.2 Å². The molecule has 1 fully saturated rings. The van der Waals surface area contributed by atoms with Crippen molar-refractivity contribution >= 4 is 17.1 Å². The van der Waals surface area contributed by atoms with Gasteiger partial charge >= 0.3 is 5.69 Å². The zero-order valence-corrected chi connectivity index (χ0v) is 16.3. The summed E-state index contributed by atoms with van der Waals surface area (Å²) in [6.45, 7) is 1.68. The number of hydrogen-bond acceptors (Lipinski definition) is 6. The molecule has 9 nitrogen and oxygen atoms in total. The first-order valence-electron chi connectivity index (χ1n) is 9.67. The van der Waals surface area contributed by atoms with Crippen LogP contribution in [0.1, 0.15) is 30.4 Å². The molecule has 29 heavy (non-hydrogen) atoms. The number of hydrogen-bond donors (Lipinski definition) is 2. The summed E-state index contributed by atoms with van der Waals surface area (Å²) < 4.78 is 3.13. The molecule has 1 aromatic carbocycles. The van der Waals surface area contributed by atoms with Crippen molar-refractivity contribution in [1.82, 2.24) is 19.1 Å². The zero-order valence-electron chi connectivity index (χ0n) is 16.3. The van der Waals surface area contributed by atoms with Crippen molar-refractivity contribution in [1.29, 1.82) is 5.26 Å². The summed E-state index contributed by atoms with van der Waals surface area (Å²) in [5.74, 6) is 0.594. The Morgan fingerprint density at radius 2 is 2.10 bits per heavy atom. The quantitative estimate of drug-likeness (QED) is 0.673. The number of imidazole rings is 1. The number of nitrogens with zero attached hydrogens (tertiary/aromatic N) is 5. The minimum atomic E-state index is -0.510. The van der Waals surface area contributed by atoms with E-state index in [1.807, 2.05) is 12.1 Å². The van der Waals surface area contributed by atoms with Gasteiger partial charge in [-0.15, -0.1) is 0 Å². The molecule has 1 aliphatic heterocycles. The normalized spacial score (nSPS) is 17.3. The molecule has 150 valence electrons. The van der Waals surface area contributed by atoms with Crippen LogP contribution in [0.2, 0.25) is 0 Å². The van der Waals surface area contributed by atoms with Gasteiger partial charge in [-0.1, -0.05) is 24.6 Å². The fraction of sp³-hybridized carbons (Fsp3) is 0.400. The summed E-state index contributed by atoms with van der Waals surface area (Å²) in [7, 11) is 1.58. The van der Waals surface area contributed by atoms with Crippen molar-refractivity contribution in [2.45, 2.75) is 31.8 Å². The summed E-state index contributed by atoms with van der Waals surface area (Å²) in [6.07, 6.45) is 2.95. The molecule has 1 atom stereocenters. The monoisotopic (exact) mass is 393 g/mol. The van der Waals surface area contributed by atoms with E-state index in [1.54, 1.807) is 23.7 Å². The maximum atomic E-state index is 12.7. The molecule has 3 heterocycles. The van der Waals surface area contributed by atoms with Crippen LogP contribution in [0.5, 0.6) is 0 Å². The van der Waals surface area contributed by atoms with Crippen molar-refractivity contribution in [3.8, 4) is 6.07 Å². The van der Waals surface area contributed by atoms with E-state index >= 15 is 0 Å². The van der Waals surface area contributed by atoms with Gasteiger partial charge in [0.2, 0.25) is 5.95 Å². The molecule has 0 aliphatic carbocycles. The van der Waals surface area contributed by atoms with Crippen LogP contribution < -0.4 is 21.9 Å². The zero-order chi connectivity index (χ0) is 20.5. The molecular formula is C20H23N7O2. The summed E-state index contributed by atoms with van der Waals surface area (Å²) in [5, 5.41) is 9.47. The lowest BCUT2D eigenvalue weighted by Gasteiger charge is -2.24. The molecule has 0 amide bonds. The van der Waals surface area contributed by atoms with Gasteiger partial charge in [-0.05, 0) is 24.5 Å². The lowest BCUT2D eigenvalue weighted by molar-refractivity contribution is 0.615. The molecule has 1 saturated heterocycles. The average Bonchev–Trinajstić information content (AvgIpc) is 2.95. The van der Waals surface area contributed by atoms with Gasteiger partial charge in [-0.3, -0.25) is 18.9 Å². The predicted molar refractivity (Wildman–Crippen MR) is 110 cm³/mol. The van der Waals surface area contributed by atoms with Crippen LogP contribution in [0.25, 0.3) is 11.2 Å². The smallest absolute Gasteiger partial charge is 0.329 e. The number of nitrogens with one attached hydrogen (secondary N) is 1. The predicted octanol–water partition coefficient (Wildman–Crippen LogP) is 0.661. The van der Waals surface area contributed by atoms with Gasteiger partial charge in [0.1, 0.15) is 0 Å². The Balaban J connectivity index is 1.95. The van der Waals surface area contributed by atoms with Gasteiger partial charge in [0, 0.05) is 26.2 Å². The maximum Gasteiger partial charge on any atom is 0.329 e. The highest BCUT2D eigenvalue weighted by atomic mass is 16.2. The number of aryl methyl sites for hydroxylation is 1. The fourth-order valence-corrected chi connectivity index (χ4v) is 3.91. The van der Waals surface area contributed by atoms with Crippen molar-refractivity contribution in [3.05, 3.63) is 56.2 Å². The largest absolute Gasteiger partial charge is 0.341 e. The van der Waals surface area contributed by atoms with Crippen molar-refractivity contribution < 1.29 is 0 Å². The molecule has 3 aromatic rings. The minimum absolute atomic E-state index is 0.0132. The van der Waals surface area contributed by atoms with Crippen molar-refractivity contribution in [2.24, 2.45) is 12.8 Å². The number of anilines is 1. The molecule has 1 unspecified atom stereocenters. The Morgan fingerprint density at radius 3 is 2.90 bits per heavy atom. The summed E-state index contributed by atoms with van der Waals surface area (Å²) in [5.41, 5.74) is 7.19. The highest BCUT2D eigenvalue weighted by molar-refractivity contribution is 5.74. The topological polar surface area (TPSA) is 126 Å². The number of H-pyrrole nitrogens is 1. The van der Waals surface area contributed by atoms with E-state index in [9.17, 15) is 14.9 Å². The van der Waals surface area contributed by atoms with Gasteiger partial charge in [0.15, 0.2) is 11.2 Å². The van der Waals surface area contributed by atoms with Gasteiger partial charge in [-0.25, -0.2) is 4.79 Å². The SMILES string of the molecule is Cn1c(=O)[nH]c(=O)c2c1nc(N1CCCCC(N)C1)n2Cc1ccccc1C#N. The Labute approximate surface area is 167 Å². The Hall–Kier alpha value is -3.38. The second kappa shape index (κ2) is 7.56. The molecule has 3 N–H and O–H groups in total. The fourth-order valence-electron chi connectivity index (χ4n) is 3.91. The molecule has 0 spiro atoms. The number of aromatic nitrogens is 4. The average molecular weight is 393 g/mol. The summed E-state index contributed by atoms with van der Waals surface area (Å²) in [6, 6.07) is 9.48. The van der Waals surface area contributed by atoms with Gasteiger partial charge in [0.25, 0.3) is 5.56 Å². The van der Waals surface area contributed by atoms with Gasteiger partial charge < -0.3 is 10.6 Å². The van der Waals surface area contributed by atoms with Crippen LogP contribution in [0.15, 0.2) is 33.9 Å². The molecular weight excluding hydrogens is 370 g/mol. The van der Waals surface area contributed by atoms with Crippen molar-refractivity contribution in [2.75, 3.05) is 18.0 Å². The third kappa shape index (κ3) is 3.43. The third-order valence-corrected chi connectivity index (χ3v) is 5.44. The highest BCUT2D eigenvalue weighted by Crippen LogP contribution is 2.24. The van der Waals surface area contributed by atoms with E-state index < -0.39 is 11.2 Å². The van der Waals surface area contributed by atoms with Crippen LogP contribution in [0.4, 0.5) is 5.95 Å². The van der Waals surface area contributed by atoms with E-state index in [0.29, 0.717) is 35.8 Å². The summed E-state index contributed by atoms with van der Waals surface area (Å²) in [4.78, 5) is 33.9. The standard InChI is InChI=1S/C20H23N7O2/c1-25-17-16(18(28)24-20(25)29)27(11-14-7-3-2-6-13(14)10-21)19(23-17)26-9-5-4-8-15(22)12-26/h2-3,6-7,15H,4-5,8-9,11-12,22H2,1H3,(H,24,28,29). The molecule has 0 saturated carbocycles. The van der Waals surface area contributed by atoms with Crippen LogP contribution >= 0.6 is 0 Å². The molecule has 0 radical (unpaired) electrons. The lowest BCUT2D eigenvalue weighted by Crippen LogP contribution is -2.37. The molecule has 1 aliphatic rings. The van der Waals surface area contributed by atoms with Crippen LogP contribution in [-0.4, -0.2) is 38.2 Å². The molecule has 2 aromatic heterocycles. The number of benzene rings is 1. The van der Waals surface area contributed by atoms with Crippen molar-refractivity contribution in [3.63, 3.8) is 0 Å². The Bertz CT molecular complexity index is 1210. The Morgan fingerprint density at radius 1 is 1.31 bits per heavy atom. The highest BCUT2D eigenvalue weighted by Gasteiger charge is 2.24. The first-order valence-corrected chi connectivity index (χ1v) is 9.67. The minimum Gasteiger partial charge on any atom is -0.341 e. The van der Waals surface area contributed by atoms with Crippen LogP contribution in [0, 0.1) is 11.3 Å². The number of nitrogens with two attached hydrogens (primary N) is 1. The van der Waals surface area contributed by atoms with Gasteiger partial charge in [0.05, 0.1) is 18.2 Å². The lowest BCUT2D eigenvalue weighted by atomic mass is 10.1. The number of nitriles is 1.